The molecule has 25 heavy (non-hydrogen) atoms. The summed E-state index contributed by atoms with van der Waals surface area (Å²) in [5, 5.41) is 3.54. The quantitative estimate of drug-likeness (QED) is 0.386. The lowest BCUT2D eigenvalue weighted by molar-refractivity contribution is 0.324. The first-order chi connectivity index (χ1) is 11.7. The average Bonchev–Trinajstić information content (AvgIpc) is 3.04. The number of guanidine groups is 1. The number of aliphatic imine (C=N–C) groups is 1. The molecule has 1 N–H and O–H groups in total. The lowest BCUT2D eigenvalue weighted by atomic mass is 10.1. The monoisotopic (exact) mass is 460 g/mol. The second kappa shape index (κ2) is 11.6. The fourth-order valence-electron chi connectivity index (χ4n) is 3.38. The number of halogens is 1. The minimum atomic E-state index is 0. The van der Waals surface area contributed by atoms with Gasteiger partial charge in [0, 0.05) is 39.3 Å². The standard InChI is InChI=1S/C19H32N4O.HI/c1-5-11-23-12-10-16(14-23)13-21-19(20-2)22(3)15-17-8-6-7-9-18(17)24-4;/h6-9,16H,5,10-15H2,1-4H3,(H,20,21);1H. The molecule has 142 valence electrons. The minimum absolute atomic E-state index is 0. The molecule has 0 amide bonds. The topological polar surface area (TPSA) is 40.1 Å². The third-order valence-corrected chi connectivity index (χ3v) is 4.63. The molecule has 0 aliphatic carbocycles. The molecule has 0 aromatic heterocycles. The van der Waals surface area contributed by atoms with Crippen molar-refractivity contribution >= 4 is 29.9 Å². The van der Waals surface area contributed by atoms with E-state index in [1.807, 2.05) is 25.2 Å². The van der Waals surface area contributed by atoms with E-state index in [-0.39, 0.29) is 24.0 Å². The molecule has 5 nitrogen and oxygen atoms in total. The summed E-state index contributed by atoms with van der Waals surface area (Å²) >= 11 is 0. The molecule has 1 unspecified atom stereocenters. The molecule has 0 bridgehead atoms. The molecule has 1 saturated heterocycles. The van der Waals surface area contributed by atoms with Gasteiger partial charge in [0.15, 0.2) is 5.96 Å². The van der Waals surface area contributed by atoms with Gasteiger partial charge in [0.1, 0.15) is 5.75 Å². The Hall–Kier alpha value is -1.02. The highest BCUT2D eigenvalue weighted by atomic mass is 127. The van der Waals surface area contributed by atoms with E-state index in [1.165, 1.54) is 38.0 Å². The third-order valence-electron chi connectivity index (χ3n) is 4.63. The third kappa shape index (κ3) is 6.66. The number of nitrogens with one attached hydrogen (secondary N) is 1. The van der Waals surface area contributed by atoms with Gasteiger partial charge in [-0.2, -0.15) is 0 Å². The molecule has 0 saturated carbocycles. The van der Waals surface area contributed by atoms with Crippen molar-refractivity contribution in [3.05, 3.63) is 29.8 Å². The summed E-state index contributed by atoms with van der Waals surface area (Å²) < 4.78 is 5.44. The number of hydrogen-bond acceptors (Lipinski definition) is 3. The van der Waals surface area contributed by atoms with Gasteiger partial charge in [-0.25, -0.2) is 0 Å². The molecule has 2 rings (SSSR count). The normalized spacial score (nSPS) is 17.9. The molecule has 1 aromatic rings. The van der Waals surface area contributed by atoms with Crippen LogP contribution in [-0.4, -0.2) is 63.1 Å². The number of ether oxygens (including phenoxy) is 1. The van der Waals surface area contributed by atoms with Crippen molar-refractivity contribution in [2.45, 2.75) is 26.3 Å². The minimum Gasteiger partial charge on any atom is -0.496 e. The lowest BCUT2D eigenvalue weighted by Crippen LogP contribution is -2.41. The van der Waals surface area contributed by atoms with Crippen LogP contribution < -0.4 is 10.1 Å². The SMILES string of the molecule is CCCN1CCC(CNC(=NC)N(C)Cc2ccccc2OC)C1.I. The van der Waals surface area contributed by atoms with Gasteiger partial charge >= 0.3 is 0 Å². The Morgan fingerprint density at radius 2 is 2.16 bits per heavy atom. The van der Waals surface area contributed by atoms with E-state index in [1.54, 1.807) is 7.11 Å². The number of rotatable bonds is 7. The number of methoxy groups -OCH3 is 1. The van der Waals surface area contributed by atoms with Crippen molar-refractivity contribution < 1.29 is 4.74 Å². The predicted molar refractivity (Wildman–Crippen MR) is 116 cm³/mol. The Balaban J connectivity index is 0.00000312. The van der Waals surface area contributed by atoms with Gasteiger partial charge in [-0.05, 0) is 37.9 Å². The van der Waals surface area contributed by atoms with Crippen molar-refractivity contribution in [1.29, 1.82) is 0 Å². The van der Waals surface area contributed by atoms with Crippen molar-refractivity contribution in [2.24, 2.45) is 10.9 Å². The Morgan fingerprint density at radius 1 is 1.40 bits per heavy atom. The lowest BCUT2D eigenvalue weighted by Gasteiger charge is -2.24. The molecule has 1 aliphatic rings. The zero-order chi connectivity index (χ0) is 17.4. The molecule has 1 atom stereocenters. The van der Waals surface area contributed by atoms with Crippen LogP contribution in [-0.2, 0) is 6.54 Å². The van der Waals surface area contributed by atoms with Gasteiger partial charge in [-0.3, -0.25) is 4.99 Å². The molecule has 0 spiro atoms. The van der Waals surface area contributed by atoms with E-state index >= 15 is 0 Å². The Bertz CT molecular complexity index is 538. The summed E-state index contributed by atoms with van der Waals surface area (Å²) in [5.41, 5.74) is 1.17. The van der Waals surface area contributed by atoms with Crippen molar-refractivity contribution in [3.8, 4) is 5.75 Å². The summed E-state index contributed by atoms with van der Waals surface area (Å²) in [5.74, 6) is 2.58. The first-order valence-corrected chi connectivity index (χ1v) is 8.94. The maximum Gasteiger partial charge on any atom is 0.193 e. The molecular weight excluding hydrogens is 427 g/mol. The van der Waals surface area contributed by atoms with Crippen molar-refractivity contribution in [3.63, 3.8) is 0 Å². The van der Waals surface area contributed by atoms with Crippen LogP contribution in [0, 0.1) is 5.92 Å². The van der Waals surface area contributed by atoms with E-state index in [9.17, 15) is 0 Å². The number of para-hydroxylation sites is 1. The van der Waals surface area contributed by atoms with Crippen LogP contribution in [0.5, 0.6) is 5.75 Å². The van der Waals surface area contributed by atoms with Crippen molar-refractivity contribution in [2.75, 3.05) is 47.4 Å². The van der Waals surface area contributed by atoms with E-state index in [4.69, 9.17) is 4.74 Å². The van der Waals surface area contributed by atoms with Crippen LogP contribution in [0.15, 0.2) is 29.3 Å². The average molecular weight is 460 g/mol. The molecule has 6 heteroatoms. The van der Waals surface area contributed by atoms with E-state index in [0.29, 0.717) is 5.92 Å². The van der Waals surface area contributed by atoms with E-state index < -0.39 is 0 Å². The Labute approximate surface area is 169 Å². The van der Waals surface area contributed by atoms with Crippen LogP contribution in [0.4, 0.5) is 0 Å². The van der Waals surface area contributed by atoms with Gasteiger partial charge in [0.2, 0.25) is 0 Å². The summed E-state index contributed by atoms with van der Waals surface area (Å²) in [6.07, 6.45) is 2.52. The maximum atomic E-state index is 5.44. The van der Waals surface area contributed by atoms with E-state index in [0.717, 1.165) is 24.8 Å². The molecule has 1 aromatic carbocycles. The summed E-state index contributed by atoms with van der Waals surface area (Å²) in [7, 11) is 5.63. The fourth-order valence-corrected chi connectivity index (χ4v) is 3.38. The molecule has 0 radical (unpaired) electrons. The van der Waals surface area contributed by atoms with Crippen LogP contribution in [0.1, 0.15) is 25.3 Å². The number of benzene rings is 1. The highest BCUT2D eigenvalue weighted by Crippen LogP contribution is 2.19. The highest BCUT2D eigenvalue weighted by Gasteiger charge is 2.22. The van der Waals surface area contributed by atoms with Gasteiger partial charge in [0.05, 0.1) is 7.11 Å². The molecular formula is C19H33IN4O. The second-order valence-corrected chi connectivity index (χ2v) is 6.55. The van der Waals surface area contributed by atoms with Gasteiger partial charge in [-0.15, -0.1) is 24.0 Å². The smallest absolute Gasteiger partial charge is 0.193 e. The van der Waals surface area contributed by atoms with Gasteiger partial charge < -0.3 is 19.9 Å². The van der Waals surface area contributed by atoms with Crippen LogP contribution >= 0.6 is 24.0 Å². The Kier molecular flexibility index (Phi) is 10.2. The van der Waals surface area contributed by atoms with Crippen LogP contribution in [0.2, 0.25) is 0 Å². The zero-order valence-electron chi connectivity index (χ0n) is 16.0. The second-order valence-electron chi connectivity index (χ2n) is 6.55. The maximum absolute atomic E-state index is 5.44. The zero-order valence-corrected chi connectivity index (χ0v) is 18.3. The van der Waals surface area contributed by atoms with Crippen LogP contribution in [0.25, 0.3) is 0 Å². The predicted octanol–water partition coefficient (Wildman–Crippen LogP) is 3.05. The molecule has 1 fully saturated rings. The van der Waals surface area contributed by atoms with Crippen molar-refractivity contribution in [1.82, 2.24) is 15.1 Å². The summed E-state index contributed by atoms with van der Waals surface area (Å²) in [6.45, 7) is 7.67. The number of hydrogen-bond donors (Lipinski definition) is 1. The largest absolute Gasteiger partial charge is 0.496 e. The summed E-state index contributed by atoms with van der Waals surface area (Å²) in [6, 6.07) is 8.14. The van der Waals surface area contributed by atoms with Gasteiger partial charge in [0.25, 0.3) is 0 Å². The molecule has 1 heterocycles. The van der Waals surface area contributed by atoms with Crippen LogP contribution in [0.3, 0.4) is 0 Å². The first-order valence-electron chi connectivity index (χ1n) is 8.94. The van der Waals surface area contributed by atoms with E-state index in [2.05, 4.69) is 40.1 Å². The Morgan fingerprint density at radius 3 is 2.84 bits per heavy atom. The number of nitrogens with zero attached hydrogens (tertiary/aromatic N) is 3. The molecule has 1 aliphatic heterocycles. The fraction of sp³-hybridized carbons (Fsp3) is 0.632. The highest BCUT2D eigenvalue weighted by molar-refractivity contribution is 14.0. The first kappa shape index (κ1) is 22.0. The summed E-state index contributed by atoms with van der Waals surface area (Å²) in [4.78, 5) is 9.15. The van der Waals surface area contributed by atoms with Gasteiger partial charge in [-0.1, -0.05) is 25.1 Å². The number of likely N-dealkylation sites (tertiary alicyclic amines) is 1.